The number of anilines is 1. The highest BCUT2D eigenvalue weighted by Gasteiger charge is 2.43. The minimum absolute atomic E-state index is 0.149. The van der Waals surface area contributed by atoms with Crippen LogP contribution in [-0.4, -0.2) is 90.9 Å². The predicted octanol–water partition coefficient (Wildman–Crippen LogP) is 0.512. The quantitative estimate of drug-likeness (QED) is 0.795. The molecule has 7 nitrogen and oxygen atoms in total. The smallest absolute Gasteiger partial charge is 0.255 e. The van der Waals surface area contributed by atoms with Crippen LogP contribution < -0.4 is 4.90 Å². The summed E-state index contributed by atoms with van der Waals surface area (Å²) in [6.07, 6.45) is 3.20. The van der Waals surface area contributed by atoms with Crippen LogP contribution in [0.3, 0.4) is 0 Å². The summed E-state index contributed by atoms with van der Waals surface area (Å²) in [5, 5.41) is 11.0. The average Bonchev–Trinajstić information content (AvgIpc) is 2.64. The largest absolute Gasteiger partial charge is 0.383 e. The lowest BCUT2D eigenvalue weighted by Gasteiger charge is -2.43. The van der Waals surface area contributed by atoms with Crippen molar-refractivity contribution in [3.63, 3.8) is 0 Å². The highest BCUT2D eigenvalue weighted by Crippen LogP contribution is 2.25. The molecule has 1 aromatic heterocycles. The maximum Gasteiger partial charge on any atom is 0.255 e. The molecular weight excluding hydrogens is 332 g/mol. The number of aryl methyl sites for hydroxylation is 1. The molecule has 0 saturated carbocycles. The Balaban J connectivity index is 1.56. The second-order valence-corrected chi connectivity index (χ2v) is 7.33. The Hall–Kier alpha value is -1.70. The van der Waals surface area contributed by atoms with E-state index >= 15 is 0 Å². The Bertz CT molecular complexity index is 619. The number of methoxy groups -OCH3 is 1. The van der Waals surface area contributed by atoms with E-state index in [1.54, 1.807) is 12.0 Å². The number of likely N-dealkylation sites (tertiary alicyclic amines) is 1. The van der Waals surface area contributed by atoms with Gasteiger partial charge in [0.15, 0.2) is 5.60 Å². The van der Waals surface area contributed by atoms with Gasteiger partial charge in [-0.2, -0.15) is 0 Å². The fourth-order valence-electron chi connectivity index (χ4n) is 3.92. The fraction of sp³-hybridized carbons (Fsp3) is 0.684. The number of pyridine rings is 1. The molecule has 26 heavy (non-hydrogen) atoms. The zero-order chi connectivity index (χ0) is 18.6. The molecular formula is C19H30N4O3. The molecule has 7 heteroatoms. The van der Waals surface area contributed by atoms with Gasteiger partial charge in [-0.3, -0.25) is 9.69 Å². The van der Waals surface area contributed by atoms with Crippen molar-refractivity contribution >= 4 is 11.7 Å². The van der Waals surface area contributed by atoms with Gasteiger partial charge in [0.2, 0.25) is 0 Å². The van der Waals surface area contributed by atoms with E-state index in [1.807, 2.05) is 12.3 Å². The van der Waals surface area contributed by atoms with Crippen LogP contribution in [0, 0.1) is 6.92 Å². The Morgan fingerprint density at radius 2 is 2.04 bits per heavy atom. The van der Waals surface area contributed by atoms with E-state index in [0.717, 1.165) is 38.4 Å². The first kappa shape index (κ1) is 19.1. The lowest BCUT2D eigenvalue weighted by Crippen LogP contribution is -2.61. The van der Waals surface area contributed by atoms with Crippen molar-refractivity contribution in [1.29, 1.82) is 0 Å². The van der Waals surface area contributed by atoms with Gasteiger partial charge in [0.25, 0.3) is 5.91 Å². The molecule has 0 aliphatic carbocycles. The average molecular weight is 362 g/mol. The highest BCUT2D eigenvalue weighted by atomic mass is 16.5. The molecule has 2 aliphatic rings. The first-order valence-electron chi connectivity index (χ1n) is 9.43. The van der Waals surface area contributed by atoms with Crippen molar-refractivity contribution in [2.75, 3.05) is 64.4 Å². The van der Waals surface area contributed by atoms with Crippen molar-refractivity contribution < 1.29 is 14.6 Å². The van der Waals surface area contributed by atoms with E-state index in [0.29, 0.717) is 32.7 Å². The second kappa shape index (κ2) is 8.33. The molecule has 1 atom stereocenters. The van der Waals surface area contributed by atoms with Gasteiger partial charge >= 0.3 is 0 Å². The third-order valence-electron chi connectivity index (χ3n) is 5.41. The van der Waals surface area contributed by atoms with Gasteiger partial charge in [-0.05, 0) is 31.4 Å². The lowest BCUT2D eigenvalue weighted by molar-refractivity contribution is -0.160. The van der Waals surface area contributed by atoms with Crippen LogP contribution in [0.25, 0.3) is 0 Å². The van der Waals surface area contributed by atoms with Crippen molar-refractivity contribution in [1.82, 2.24) is 14.8 Å². The van der Waals surface area contributed by atoms with E-state index in [1.165, 1.54) is 5.56 Å². The van der Waals surface area contributed by atoms with Crippen LogP contribution in [0.5, 0.6) is 0 Å². The summed E-state index contributed by atoms with van der Waals surface area (Å²) in [7, 11) is 1.63. The van der Waals surface area contributed by atoms with E-state index in [-0.39, 0.29) is 5.91 Å². The first-order chi connectivity index (χ1) is 12.5. The molecule has 1 amide bonds. The fourth-order valence-corrected chi connectivity index (χ4v) is 3.92. The van der Waals surface area contributed by atoms with Crippen molar-refractivity contribution in [3.8, 4) is 0 Å². The van der Waals surface area contributed by atoms with Crippen molar-refractivity contribution in [2.24, 2.45) is 0 Å². The van der Waals surface area contributed by atoms with Gasteiger partial charge in [-0.1, -0.05) is 6.07 Å². The third kappa shape index (κ3) is 4.16. The number of carbonyl (C=O) groups excluding carboxylic acids is 1. The van der Waals surface area contributed by atoms with Crippen LogP contribution in [0.15, 0.2) is 18.3 Å². The van der Waals surface area contributed by atoms with Gasteiger partial charge in [-0.25, -0.2) is 4.98 Å². The summed E-state index contributed by atoms with van der Waals surface area (Å²) in [4.78, 5) is 23.4. The van der Waals surface area contributed by atoms with Gasteiger partial charge in [-0.15, -0.1) is 0 Å². The number of ether oxygens (including phenoxy) is 1. The van der Waals surface area contributed by atoms with Crippen molar-refractivity contribution in [2.45, 2.75) is 25.4 Å². The zero-order valence-corrected chi connectivity index (χ0v) is 15.9. The molecule has 2 saturated heterocycles. The number of nitrogens with zero attached hydrogens (tertiary/aromatic N) is 4. The predicted molar refractivity (Wildman–Crippen MR) is 100 cm³/mol. The Morgan fingerprint density at radius 1 is 1.27 bits per heavy atom. The number of piperazine rings is 1. The lowest BCUT2D eigenvalue weighted by atomic mass is 9.91. The topological polar surface area (TPSA) is 69.1 Å². The second-order valence-electron chi connectivity index (χ2n) is 7.33. The van der Waals surface area contributed by atoms with Gasteiger partial charge in [0.1, 0.15) is 5.82 Å². The SMILES string of the molecule is COCCN1CCC[C@@](O)(CN2CCN(c3ncccc3C)CC2)C1=O. The van der Waals surface area contributed by atoms with Gasteiger partial charge < -0.3 is 19.6 Å². The summed E-state index contributed by atoms with van der Waals surface area (Å²) in [5.41, 5.74) is -0.0921. The highest BCUT2D eigenvalue weighted by molar-refractivity contribution is 5.86. The molecule has 1 N–H and O–H groups in total. The number of hydrogen-bond acceptors (Lipinski definition) is 6. The first-order valence-corrected chi connectivity index (χ1v) is 9.43. The standard InChI is InChI=1S/C19H30N4O3/c1-16-5-3-7-20-17(16)22-11-9-21(10-12-22)15-19(25)6-4-8-23(18(19)24)13-14-26-2/h3,5,7,25H,4,6,8-15H2,1-2H3/t19-/m1/s1. The van der Waals surface area contributed by atoms with Crippen LogP contribution >= 0.6 is 0 Å². The molecule has 1 aromatic rings. The summed E-state index contributed by atoms with van der Waals surface area (Å²) in [5.74, 6) is 0.883. The molecule has 0 unspecified atom stereocenters. The summed E-state index contributed by atoms with van der Waals surface area (Å²) >= 11 is 0. The third-order valence-corrected chi connectivity index (χ3v) is 5.41. The number of carbonyl (C=O) groups is 1. The van der Waals surface area contributed by atoms with Gasteiger partial charge in [0.05, 0.1) is 6.61 Å². The molecule has 0 spiro atoms. The maximum absolute atomic E-state index is 12.7. The number of hydrogen-bond donors (Lipinski definition) is 1. The monoisotopic (exact) mass is 362 g/mol. The van der Waals surface area contributed by atoms with Crippen LogP contribution in [-0.2, 0) is 9.53 Å². The summed E-state index contributed by atoms with van der Waals surface area (Å²) < 4.78 is 5.08. The number of rotatable bonds is 6. The molecule has 0 bridgehead atoms. The number of β-amino-alcohol motifs (C(OH)–C–C–N with tert-alkyl or cyclic N) is 1. The zero-order valence-electron chi connectivity index (χ0n) is 15.9. The molecule has 2 fully saturated rings. The van der Waals surface area contributed by atoms with E-state index < -0.39 is 5.60 Å². The number of aromatic nitrogens is 1. The van der Waals surface area contributed by atoms with Gasteiger partial charge in [0, 0.05) is 59.1 Å². The molecule has 0 aromatic carbocycles. The molecule has 3 heterocycles. The maximum atomic E-state index is 12.7. The Labute approximate surface area is 155 Å². The minimum Gasteiger partial charge on any atom is -0.383 e. The number of piperidine rings is 1. The number of aliphatic hydroxyl groups is 1. The molecule has 144 valence electrons. The molecule has 3 rings (SSSR count). The number of amides is 1. The van der Waals surface area contributed by atoms with Crippen LogP contribution in [0.1, 0.15) is 18.4 Å². The normalized spacial score (nSPS) is 25.0. The van der Waals surface area contributed by atoms with Crippen LogP contribution in [0.4, 0.5) is 5.82 Å². The van der Waals surface area contributed by atoms with Crippen LogP contribution in [0.2, 0.25) is 0 Å². The van der Waals surface area contributed by atoms with Crippen molar-refractivity contribution in [3.05, 3.63) is 23.9 Å². The van der Waals surface area contributed by atoms with E-state index in [2.05, 4.69) is 27.8 Å². The Kier molecular flexibility index (Phi) is 6.11. The molecule has 0 radical (unpaired) electrons. The van der Waals surface area contributed by atoms with E-state index in [4.69, 9.17) is 4.74 Å². The summed E-state index contributed by atoms with van der Waals surface area (Å²) in [6.45, 7) is 7.60. The molecule has 2 aliphatic heterocycles. The summed E-state index contributed by atoms with van der Waals surface area (Å²) in [6, 6.07) is 4.03. The Morgan fingerprint density at radius 3 is 2.73 bits per heavy atom. The van der Waals surface area contributed by atoms with E-state index in [9.17, 15) is 9.90 Å². The minimum atomic E-state index is -1.27.